The van der Waals surface area contributed by atoms with Crippen molar-refractivity contribution in [2.75, 3.05) is 13.7 Å². The zero-order valence-electron chi connectivity index (χ0n) is 11.7. The lowest BCUT2D eigenvalue weighted by molar-refractivity contribution is 0.0779. The molecule has 2 aromatic rings. The standard InChI is InChI=1S/C15H16N4O2/c1-19(15(21)14-10-16-18-17-14)11-13-8-3-2-6-12(13)7-4-5-9-20/h2-3,6,8,10,20H,5,9,11H2,1H3,(H,16,17,18). The van der Waals surface area contributed by atoms with Crippen LogP contribution in [0.1, 0.15) is 28.0 Å². The molecule has 0 unspecified atom stereocenters. The maximum absolute atomic E-state index is 12.1. The van der Waals surface area contributed by atoms with Gasteiger partial charge >= 0.3 is 0 Å². The minimum atomic E-state index is -0.207. The number of aromatic amines is 1. The van der Waals surface area contributed by atoms with E-state index in [9.17, 15) is 4.79 Å². The first-order chi connectivity index (χ1) is 10.2. The van der Waals surface area contributed by atoms with E-state index in [1.165, 1.54) is 6.20 Å². The summed E-state index contributed by atoms with van der Waals surface area (Å²) >= 11 is 0. The average molecular weight is 284 g/mol. The van der Waals surface area contributed by atoms with E-state index in [1.54, 1.807) is 11.9 Å². The fraction of sp³-hybridized carbons (Fsp3) is 0.267. The fourth-order valence-corrected chi connectivity index (χ4v) is 1.82. The Labute approximate surface area is 122 Å². The largest absolute Gasteiger partial charge is 0.395 e. The quantitative estimate of drug-likeness (QED) is 0.814. The van der Waals surface area contributed by atoms with Gasteiger partial charge in [-0.15, -0.1) is 0 Å². The van der Waals surface area contributed by atoms with E-state index in [4.69, 9.17) is 5.11 Å². The van der Waals surface area contributed by atoms with Crippen LogP contribution in [0.25, 0.3) is 0 Å². The molecule has 1 aromatic heterocycles. The van der Waals surface area contributed by atoms with Gasteiger partial charge < -0.3 is 10.0 Å². The number of carbonyl (C=O) groups is 1. The summed E-state index contributed by atoms with van der Waals surface area (Å²) in [6.45, 7) is 0.468. The van der Waals surface area contributed by atoms with Crippen LogP contribution in [-0.2, 0) is 6.54 Å². The minimum absolute atomic E-state index is 0.0414. The highest BCUT2D eigenvalue weighted by atomic mass is 16.2. The Hall–Kier alpha value is -2.65. The van der Waals surface area contributed by atoms with Crippen molar-refractivity contribution in [1.82, 2.24) is 20.3 Å². The lowest BCUT2D eigenvalue weighted by Crippen LogP contribution is -2.26. The van der Waals surface area contributed by atoms with E-state index < -0.39 is 0 Å². The van der Waals surface area contributed by atoms with Crippen molar-refractivity contribution in [3.05, 3.63) is 47.3 Å². The summed E-state index contributed by atoms with van der Waals surface area (Å²) in [6.07, 6.45) is 1.83. The predicted molar refractivity (Wildman–Crippen MR) is 77.2 cm³/mol. The Morgan fingerprint density at radius 2 is 2.24 bits per heavy atom. The minimum Gasteiger partial charge on any atom is -0.395 e. The molecule has 0 fully saturated rings. The van der Waals surface area contributed by atoms with Gasteiger partial charge in [-0.3, -0.25) is 4.79 Å². The van der Waals surface area contributed by atoms with Gasteiger partial charge in [-0.25, -0.2) is 0 Å². The highest BCUT2D eigenvalue weighted by Crippen LogP contribution is 2.11. The van der Waals surface area contributed by atoms with E-state index in [1.807, 2.05) is 24.3 Å². The molecule has 6 nitrogen and oxygen atoms in total. The van der Waals surface area contributed by atoms with Crippen LogP contribution in [0.2, 0.25) is 0 Å². The SMILES string of the molecule is CN(Cc1ccccc1C#CCCO)C(=O)c1cn[nH]n1. The molecule has 0 aliphatic rings. The molecule has 1 heterocycles. The molecule has 2 rings (SSSR count). The maximum Gasteiger partial charge on any atom is 0.276 e. The van der Waals surface area contributed by atoms with Crippen molar-refractivity contribution in [2.24, 2.45) is 0 Å². The van der Waals surface area contributed by atoms with Gasteiger partial charge in [-0.05, 0) is 11.6 Å². The first-order valence-corrected chi connectivity index (χ1v) is 6.51. The molecule has 0 bridgehead atoms. The molecule has 1 amide bonds. The van der Waals surface area contributed by atoms with E-state index in [0.29, 0.717) is 13.0 Å². The van der Waals surface area contributed by atoms with Crippen molar-refractivity contribution in [1.29, 1.82) is 0 Å². The molecule has 6 heteroatoms. The summed E-state index contributed by atoms with van der Waals surface area (Å²) in [6, 6.07) is 7.62. The summed E-state index contributed by atoms with van der Waals surface area (Å²) in [5, 5.41) is 18.6. The number of nitrogens with zero attached hydrogens (tertiary/aromatic N) is 3. The number of hydrogen-bond donors (Lipinski definition) is 2. The van der Waals surface area contributed by atoms with Gasteiger partial charge in [0.1, 0.15) is 0 Å². The second-order valence-electron chi connectivity index (χ2n) is 4.45. The Morgan fingerprint density at radius 1 is 1.43 bits per heavy atom. The lowest BCUT2D eigenvalue weighted by atomic mass is 10.1. The Kier molecular flexibility index (Phi) is 5.07. The van der Waals surface area contributed by atoms with Crippen molar-refractivity contribution in [3.63, 3.8) is 0 Å². The van der Waals surface area contributed by atoms with E-state index in [2.05, 4.69) is 27.3 Å². The number of hydrogen-bond acceptors (Lipinski definition) is 4. The van der Waals surface area contributed by atoms with Gasteiger partial charge in [-0.2, -0.15) is 15.4 Å². The second kappa shape index (κ2) is 7.22. The summed E-state index contributed by atoms with van der Waals surface area (Å²) < 4.78 is 0. The fourth-order valence-electron chi connectivity index (χ4n) is 1.82. The molecule has 0 aliphatic carbocycles. The van der Waals surface area contributed by atoms with Crippen molar-refractivity contribution < 1.29 is 9.90 Å². The van der Waals surface area contributed by atoms with Crippen molar-refractivity contribution in [3.8, 4) is 11.8 Å². The third-order valence-electron chi connectivity index (χ3n) is 2.87. The number of benzene rings is 1. The monoisotopic (exact) mass is 284 g/mol. The van der Waals surface area contributed by atoms with Gasteiger partial charge in [0.25, 0.3) is 5.91 Å². The lowest BCUT2D eigenvalue weighted by Gasteiger charge is -2.16. The molecule has 0 radical (unpaired) electrons. The molecule has 2 N–H and O–H groups in total. The van der Waals surface area contributed by atoms with E-state index >= 15 is 0 Å². The third-order valence-corrected chi connectivity index (χ3v) is 2.87. The predicted octanol–water partition coefficient (Wildman–Crippen LogP) is 0.811. The van der Waals surface area contributed by atoms with Crippen LogP contribution in [0, 0.1) is 11.8 Å². The number of carbonyl (C=O) groups excluding carboxylic acids is 1. The molecule has 1 aromatic carbocycles. The Bertz CT molecular complexity index is 656. The normalized spacial score (nSPS) is 9.81. The van der Waals surface area contributed by atoms with Gasteiger partial charge in [-0.1, -0.05) is 30.0 Å². The number of aliphatic hydroxyl groups is 1. The summed E-state index contributed by atoms with van der Waals surface area (Å²) in [5.41, 5.74) is 2.08. The summed E-state index contributed by atoms with van der Waals surface area (Å²) in [5.74, 6) is 5.70. The average Bonchev–Trinajstić information content (AvgIpc) is 3.02. The first-order valence-electron chi connectivity index (χ1n) is 6.51. The Morgan fingerprint density at radius 3 is 2.95 bits per heavy atom. The van der Waals surface area contributed by atoms with Gasteiger partial charge in [0, 0.05) is 25.6 Å². The van der Waals surface area contributed by atoms with Gasteiger partial charge in [0.05, 0.1) is 12.8 Å². The molecular weight excluding hydrogens is 268 g/mol. The van der Waals surface area contributed by atoms with Crippen LogP contribution >= 0.6 is 0 Å². The molecular formula is C15H16N4O2. The number of aliphatic hydroxyl groups excluding tert-OH is 1. The highest BCUT2D eigenvalue weighted by Gasteiger charge is 2.15. The summed E-state index contributed by atoms with van der Waals surface area (Å²) in [4.78, 5) is 13.7. The third kappa shape index (κ3) is 3.91. The maximum atomic E-state index is 12.1. The highest BCUT2D eigenvalue weighted by molar-refractivity contribution is 5.91. The van der Waals surface area contributed by atoms with E-state index in [-0.39, 0.29) is 18.2 Å². The van der Waals surface area contributed by atoms with Crippen LogP contribution in [0.3, 0.4) is 0 Å². The number of H-pyrrole nitrogens is 1. The second-order valence-corrected chi connectivity index (χ2v) is 4.45. The zero-order chi connectivity index (χ0) is 15.1. The van der Waals surface area contributed by atoms with Crippen molar-refractivity contribution in [2.45, 2.75) is 13.0 Å². The topological polar surface area (TPSA) is 82.1 Å². The van der Waals surface area contributed by atoms with Crippen LogP contribution in [-0.4, -0.2) is 45.0 Å². The Balaban J connectivity index is 2.12. The van der Waals surface area contributed by atoms with E-state index in [0.717, 1.165) is 11.1 Å². The molecule has 0 saturated carbocycles. The molecule has 0 atom stereocenters. The van der Waals surface area contributed by atoms with Crippen molar-refractivity contribution >= 4 is 5.91 Å². The molecule has 0 aliphatic heterocycles. The number of amides is 1. The zero-order valence-corrected chi connectivity index (χ0v) is 11.7. The van der Waals surface area contributed by atoms with Gasteiger partial charge in [0.15, 0.2) is 5.69 Å². The van der Waals surface area contributed by atoms with Crippen LogP contribution < -0.4 is 0 Å². The number of nitrogens with one attached hydrogen (secondary N) is 1. The van der Waals surface area contributed by atoms with Crippen LogP contribution in [0.4, 0.5) is 0 Å². The molecule has 0 spiro atoms. The smallest absolute Gasteiger partial charge is 0.276 e. The number of rotatable bonds is 4. The van der Waals surface area contributed by atoms with Gasteiger partial charge in [0.2, 0.25) is 0 Å². The number of aromatic nitrogens is 3. The molecule has 108 valence electrons. The summed E-state index contributed by atoms with van der Waals surface area (Å²) in [7, 11) is 1.70. The van der Waals surface area contributed by atoms with Crippen LogP contribution in [0.15, 0.2) is 30.5 Å². The molecule has 21 heavy (non-hydrogen) atoms. The molecule has 0 saturated heterocycles. The van der Waals surface area contributed by atoms with Crippen LogP contribution in [0.5, 0.6) is 0 Å². The first kappa shape index (κ1) is 14.8.